The highest BCUT2D eigenvalue weighted by molar-refractivity contribution is 5.95. The van der Waals surface area contributed by atoms with Gasteiger partial charge in [0.1, 0.15) is 0 Å². The minimum atomic E-state index is -0.923. The van der Waals surface area contributed by atoms with Crippen molar-refractivity contribution in [3.63, 3.8) is 0 Å². The number of rotatable bonds is 9. The summed E-state index contributed by atoms with van der Waals surface area (Å²) >= 11 is 0. The molecule has 0 aliphatic rings. The second-order valence-electron chi connectivity index (χ2n) is 7.89. The molecule has 0 unspecified atom stereocenters. The summed E-state index contributed by atoms with van der Waals surface area (Å²) in [6.45, 7) is 2.70. The number of benzene rings is 3. The summed E-state index contributed by atoms with van der Waals surface area (Å²) in [6.07, 6.45) is 6.74. The smallest absolute Gasteiger partial charge is 0.336 e. The van der Waals surface area contributed by atoms with E-state index in [0.29, 0.717) is 17.7 Å². The van der Waals surface area contributed by atoms with E-state index in [-0.39, 0.29) is 0 Å². The molecule has 1 N–H and O–H groups in total. The molecule has 0 atom stereocenters. The van der Waals surface area contributed by atoms with Gasteiger partial charge in [-0.15, -0.1) is 0 Å². The summed E-state index contributed by atoms with van der Waals surface area (Å²) in [7, 11) is 0. The lowest BCUT2D eigenvalue weighted by Crippen LogP contribution is -2.05. The number of aryl methyl sites for hydroxylation is 2. The van der Waals surface area contributed by atoms with Gasteiger partial charge in [0, 0.05) is 6.42 Å². The standard InChI is InChI=1S/C28H27N3O2/c1-2-3-13-27-29-26(19-16-21-9-5-4-6-10-21)30-31(27)20-22-14-17-23(18-15-22)24-11-7-8-12-25(24)28(32)33/h3-15,17-18H,2,16,19-20H2,1H3,(H,32,33)/b13-3+. The van der Waals surface area contributed by atoms with Crippen LogP contribution in [-0.2, 0) is 19.4 Å². The van der Waals surface area contributed by atoms with Crippen LogP contribution in [-0.4, -0.2) is 25.8 Å². The maximum Gasteiger partial charge on any atom is 0.336 e. The molecule has 0 aliphatic carbocycles. The van der Waals surface area contributed by atoms with Crippen molar-refractivity contribution in [3.05, 3.63) is 113 Å². The fourth-order valence-corrected chi connectivity index (χ4v) is 3.76. The van der Waals surface area contributed by atoms with Crippen molar-refractivity contribution >= 4 is 12.0 Å². The molecule has 4 aromatic rings. The zero-order valence-electron chi connectivity index (χ0n) is 18.7. The molecule has 166 valence electrons. The molecule has 5 nitrogen and oxygen atoms in total. The van der Waals surface area contributed by atoms with E-state index in [1.165, 1.54) is 5.56 Å². The molecular formula is C28H27N3O2. The van der Waals surface area contributed by atoms with Crippen molar-refractivity contribution in [1.82, 2.24) is 14.8 Å². The average Bonchev–Trinajstić information content (AvgIpc) is 3.24. The minimum Gasteiger partial charge on any atom is -0.478 e. The van der Waals surface area contributed by atoms with Crippen LogP contribution in [0.15, 0.2) is 84.9 Å². The van der Waals surface area contributed by atoms with Gasteiger partial charge in [0.25, 0.3) is 0 Å². The van der Waals surface area contributed by atoms with Crippen molar-refractivity contribution < 1.29 is 9.90 Å². The first-order valence-corrected chi connectivity index (χ1v) is 11.2. The molecule has 3 aromatic carbocycles. The Kier molecular flexibility index (Phi) is 7.10. The molecule has 1 heterocycles. The van der Waals surface area contributed by atoms with E-state index in [9.17, 15) is 9.90 Å². The van der Waals surface area contributed by atoms with Gasteiger partial charge in [-0.25, -0.2) is 14.5 Å². The Balaban J connectivity index is 1.53. The van der Waals surface area contributed by atoms with Gasteiger partial charge in [0.05, 0.1) is 12.1 Å². The van der Waals surface area contributed by atoms with Crippen LogP contribution in [0.3, 0.4) is 0 Å². The van der Waals surface area contributed by atoms with Gasteiger partial charge in [-0.2, -0.15) is 5.10 Å². The van der Waals surface area contributed by atoms with E-state index in [1.807, 2.05) is 53.2 Å². The fourth-order valence-electron chi connectivity index (χ4n) is 3.76. The number of aromatic nitrogens is 3. The predicted molar refractivity (Wildman–Crippen MR) is 131 cm³/mol. The monoisotopic (exact) mass is 437 g/mol. The van der Waals surface area contributed by atoms with E-state index < -0.39 is 5.97 Å². The Morgan fingerprint density at radius 2 is 1.64 bits per heavy atom. The Hall–Kier alpha value is -3.99. The highest BCUT2D eigenvalue weighted by Gasteiger charge is 2.12. The molecule has 0 radical (unpaired) electrons. The molecular weight excluding hydrogens is 410 g/mol. The molecule has 33 heavy (non-hydrogen) atoms. The lowest BCUT2D eigenvalue weighted by molar-refractivity contribution is 0.0697. The largest absolute Gasteiger partial charge is 0.478 e. The van der Waals surface area contributed by atoms with Gasteiger partial charge in [-0.1, -0.05) is 85.8 Å². The Morgan fingerprint density at radius 3 is 2.36 bits per heavy atom. The number of allylic oxidation sites excluding steroid dienone is 1. The lowest BCUT2D eigenvalue weighted by atomic mass is 9.99. The zero-order valence-corrected chi connectivity index (χ0v) is 18.7. The first-order chi connectivity index (χ1) is 16.1. The number of hydrogen-bond donors (Lipinski definition) is 1. The van der Waals surface area contributed by atoms with Gasteiger partial charge < -0.3 is 5.11 Å². The number of hydrogen-bond acceptors (Lipinski definition) is 3. The van der Waals surface area contributed by atoms with Crippen molar-refractivity contribution in [3.8, 4) is 11.1 Å². The van der Waals surface area contributed by atoms with Crippen molar-refractivity contribution in [2.45, 2.75) is 32.7 Å². The van der Waals surface area contributed by atoms with Crippen LogP contribution in [0, 0.1) is 0 Å². The Morgan fingerprint density at radius 1 is 0.909 bits per heavy atom. The highest BCUT2D eigenvalue weighted by Crippen LogP contribution is 2.24. The van der Waals surface area contributed by atoms with Crippen LogP contribution in [0.1, 0.15) is 46.5 Å². The van der Waals surface area contributed by atoms with E-state index in [1.54, 1.807) is 12.1 Å². The third-order valence-electron chi connectivity index (χ3n) is 5.48. The molecule has 4 rings (SSSR count). The first-order valence-electron chi connectivity index (χ1n) is 11.2. The van der Waals surface area contributed by atoms with Crippen LogP contribution in [0.25, 0.3) is 17.2 Å². The van der Waals surface area contributed by atoms with Crippen molar-refractivity contribution in [2.75, 3.05) is 0 Å². The minimum absolute atomic E-state index is 0.302. The molecule has 0 saturated carbocycles. The van der Waals surface area contributed by atoms with Crippen molar-refractivity contribution in [2.24, 2.45) is 0 Å². The highest BCUT2D eigenvalue weighted by atomic mass is 16.4. The van der Waals surface area contributed by atoms with Gasteiger partial charge in [-0.05, 0) is 47.2 Å². The number of aromatic carboxylic acids is 1. The van der Waals surface area contributed by atoms with Crippen LogP contribution >= 0.6 is 0 Å². The molecule has 0 fully saturated rings. The SMILES string of the molecule is CC/C=C/c1nc(CCc2ccccc2)nn1Cc1ccc(-c2ccccc2C(=O)O)cc1. The second-order valence-corrected chi connectivity index (χ2v) is 7.89. The van der Waals surface area contributed by atoms with E-state index >= 15 is 0 Å². The van der Waals surface area contributed by atoms with E-state index in [4.69, 9.17) is 10.1 Å². The molecule has 0 amide bonds. The summed E-state index contributed by atoms with van der Waals surface area (Å²) < 4.78 is 1.94. The van der Waals surface area contributed by atoms with E-state index in [2.05, 4.69) is 37.3 Å². The normalized spacial score (nSPS) is 11.2. The summed E-state index contributed by atoms with van der Waals surface area (Å²) in [5, 5.41) is 14.2. The Labute approximate surface area is 194 Å². The quantitative estimate of drug-likeness (QED) is 0.354. The number of carboxylic acids is 1. The third-order valence-corrected chi connectivity index (χ3v) is 5.48. The maximum absolute atomic E-state index is 11.5. The number of carbonyl (C=O) groups is 1. The van der Waals surface area contributed by atoms with E-state index in [0.717, 1.165) is 42.0 Å². The third kappa shape index (κ3) is 5.63. The summed E-state index contributed by atoms with van der Waals surface area (Å²) in [4.78, 5) is 16.3. The van der Waals surface area contributed by atoms with Crippen LogP contribution < -0.4 is 0 Å². The molecule has 0 bridgehead atoms. The second kappa shape index (κ2) is 10.6. The van der Waals surface area contributed by atoms with Gasteiger partial charge >= 0.3 is 5.97 Å². The maximum atomic E-state index is 11.5. The topological polar surface area (TPSA) is 68.0 Å². The molecule has 0 saturated heterocycles. The number of nitrogens with zero attached hydrogens (tertiary/aromatic N) is 3. The van der Waals surface area contributed by atoms with Crippen LogP contribution in [0.4, 0.5) is 0 Å². The molecule has 5 heteroatoms. The van der Waals surface area contributed by atoms with Gasteiger partial charge in [0.15, 0.2) is 11.6 Å². The van der Waals surface area contributed by atoms with Gasteiger partial charge in [-0.3, -0.25) is 0 Å². The molecule has 0 spiro atoms. The first kappa shape index (κ1) is 22.2. The van der Waals surface area contributed by atoms with Crippen LogP contribution in [0.2, 0.25) is 0 Å². The lowest BCUT2D eigenvalue weighted by Gasteiger charge is -2.08. The molecule has 0 aliphatic heterocycles. The summed E-state index contributed by atoms with van der Waals surface area (Å²) in [5.41, 5.74) is 4.25. The fraction of sp³-hybridized carbons (Fsp3) is 0.179. The molecule has 1 aromatic heterocycles. The average molecular weight is 438 g/mol. The predicted octanol–water partition coefficient (Wildman–Crippen LogP) is 5.90. The Bertz CT molecular complexity index is 1240. The zero-order chi connectivity index (χ0) is 23.0. The number of carboxylic acid groups (broad SMARTS) is 1. The van der Waals surface area contributed by atoms with Crippen LogP contribution in [0.5, 0.6) is 0 Å². The van der Waals surface area contributed by atoms with Gasteiger partial charge in [0.2, 0.25) is 0 Å². The van der Waals surface area contributed by atoms with Crippen molar-refractivity contribution in [1.29, 1.82) is 0 Å². The summed E-state index contributed by atoms with van der Waals surface area (Å²) in [6, 6.07) is 25.4. The summed E-state index contributed by atoms with van der Waals surface area (Å²) in [5.74, 6) is 0.759.